The van der Waals surface area contributed by atoms with E-state index in [2.05, 4.69) is 13.8 Å². The van der Waals surface area contributed by atoms with Gasteiger partial charge < -0.3 is 0 Å². The van der Waals surface area contributed by atoms with Crippen molar-refractivity contribution < 1.29 is 0 Å². The number of rotatable bonds is 34. The molecule has 0 aromatic carbocycles. The minimum atomic E-state index is -0.0825. The molecule has 0 aromatic heterocycles. The average molecular weight is 716 g/mol. The third kappa shape index (κ3) is 36.9. The second-order valence-electron chi connectivity index (χ2n) is 12.3. The normalized spacial score (nSPS) is 11.5. The molecule has 0 unspecified atom stereocenters. The van der Waals surface area contributed by atoms with Crippen molar-refractivity contribution in [3.05, 3.63) is 0 Å². The Hall–Kier alpha value is 0.883. The molecule has 0 N–H and O–H groups in total. The van der Waals surface area contributed by atoms with Crippen LogP contribution in [-0.2, 0) is 0 Å². The summed E-state index contributed by atoms with van der Waals surface area (Å²) in [5.41, 5.74) is 0. The maximum atomic E-state index is 2.31. The molecule has 0 saturated heterocycles. The van der Waals surface area contributed by atoms with Gasteiger partial charge in [-0.05, 0) is 0 Å². The molecule has 0 aliphatic heterocycles. The molecule has 223 valence electrons. The Morgan fingerprint density at radius 2 is 0.378 bits per heavy atom. The molecule has 0 amide bonds. The standard InChI is InChI=1S/2C18H37.Bi/c2*1-3-5-7-9-11-13-15-17-18-16-14-12-10-8-6-4-2;/h2*1,3-18H2,2H3;. The van der Waals surface area contributed by atoms with Crippen LogP contribution in [0.25, 0.3) is 0 Å². The van der Waals surface area contributed by atoms with Crippen LogP contribution in [0.5, 0.6) is 0 Å². The zero-order valence-electron chi connectivity index (χ0n) is 26.5. The fourth-order valence-electron chi connectivity index (χ4n) is 5.66. The van der Waals surface area contributed by atoms with Crippen molar-refractivity contribution in [3.8, 4) is 0 Å². The van der Waals surface area contributed by atoms with Crippen LogP contribution in [0.2, 0.25) is 8.26 Å². The number of unbranched alkanes of at least 4 members (excludes halogenated alkanes) is 30. The quantitative estimate of drug-likeness (QED) is 0.0460. The molecule has 0 fully saturated rings. The monoisotopic (exact) mass is 716 g/mol. The Morgan fingerprint density at radius 3 is 0.568 bits per heavy atom. The molecular weight excluding hydrogens is 641 g/mol. The molecule has 0 heterocycles. The van der Waals surface area contributed by atoms with E-state index in [1.165, 1.54) is 180 Å². The summed E-state index contributed by atoms with van der Waals surface area (Å²) >= 11 is -0.0825. The van der Waals surface area contributed by atoms with Crippen LogP contribution >= 0.6 is 0 Å². The molecular formula is C36H74Bi. The summed E-state index contributed by atoms with van der Waals surface area (Å²) in [6, 6.07) is 0. The predicted molar refractivity (Wildman–Crippen MR) is 174 cm³/mol. The van der Waals surface area contributed by atoms with E-state index in [1.807, 2.05) is 0 Å². The predicted octanol–water partition coefficient (Wildman–Crippen LogP) is 14.1. The van der Waals surface area contributed by atoms with Gasteiger partial charge in [-0.3, -0.25) is 0 Å². The summed E-state index contributed by atoms with van der Waals surface area (Å²) in [6.07, 6.45) is 47.9. The third-order valence-corrected chi connectivity index (χ3v) is 13.3. The van der Waals surface area contributed by atoms with Crippen LogP contribution < -0.4 is 0 Å². The second-order valence-corrected chi connectivity index (χ2v) is 17.5. The smallest absolute Gasteiger partial charge is 0.0654 e. The van der Waals surface area contributed by atoms with E-state index in [9.17, 15) is 0 Å². The summed E-state index contributed by atoms with van der Waals surface area (Å²) in [4.78, 5) is 0. The van der Waals surface area contributed by atoms with E-state index in [4.69, 9.17) is 0 Å². The molecule has 0 nitrogen and oxygen atoms in total. The first kappa shape index (κ1) is 37.9. The Bertz CT molecular complexity index is 332. The molecule has 0 saturated carbocycles. The van der Waals surface area contributed by atoms with Crippen molar-refractivity contribution >= 4 is 23.2 Å². The Morgan fingerprint density at radius 1 is 0.216 bits per heavy atom. The molecule has 1 heteroatoms. The van der Waals surface area contributed by atoms with Gasteiger partial charge in [0.05, 0.1) is 0 Å². The van der Waals surface area contributed by atoms with Crippen LogP contribution in [0.4, 0.5) is 0 Å². The Kier molecular flexibility index (Phi) is 37.8. The molecule has 0 aliphatic carbocycles. The molecule has 0 aromatic rings. The van der Waals surface area contributed by atoms with E-state index in [-0.39, 0.29) is 23.2 Å². The van der Waals surface area contributed by atoms with Crippen molar-refractivity contribution in [2.24, 2.45) is 0 Å². The number of hydrogen-bond donors (Lipinski definition) is 0. The summed E-state index contributed by atoms with van der Waals surface area (Å²) in [5.74, 6) is 0. The summed E-state index contributed by atoms with van der Waals surface area (Å²) in [7, 11) is 0. The van der Waals surface area contributed by atoms with Crippen LogP contribution in [-0.4, -0.2) is 23.2 Å². The minimum Gasteiger partial charge on any atom is -0.0654 e. The van der Waals surface area contributed by atoms with Gasteiger partial charge in [-0.25, -0.2) is 0 Å². The van der Waals surface area contributed by atoms with Crippen molar-refractivity contribution in [1.82, 2.24) is 0 Å². The van der Waals surface area contributed by atoms with Gasteiger partial charge in [-0.1, -0.05) is 78.1 Å². The summed E-state index contributed by atoms with van der Waals surface area (Å²) in [6.45, 7) is 4.62. The van der Waals surface area contributed by atoms with Crippen molar-refractivity contribution in [2.45, 2.75) is 228 Å². The van der Waals surface area contributed by atoms with Crippen LogP contribution in [0.15, 0.2) is 0 Å². The molecule has 0 spiro atoms. The molecule has 0 rings (SSSR count). The Balaban J connectivity index is 3.00. The zero-order chi connectivity index (χ0) is 26.7. The topological polar surface area (TPSA) is 0 Å². The molecule has 1 radical (unpaired) electrons. The molecule has 37 heavy (non-hydrogen) atoms. The second kappa shape index (κ2) is 36.9. The fraction of sp³-hybridized carbons (Fsp3) is 1.00. The van der Waals surface area contributed by atoms with E-state index >= 15 is 0 Å². The Labute approximate surface area is 249 Å². The van der Waals surface area contributed by atoms with Gasteiger partial charge in [0.25, 0.3) is 0 Å². The maximum absolute atomic E-state index is 2.31. The third-order valence-electron chi connectivity index (χ3n) is 8.34. The van der Waals surface area contributed by atoms with Crippen molar-refractivity contribution in [2.75, 3.05) is 0 Å². The van der Waals surface area contributed by atoms with Crippen molar-refractivity contribution in [1.29, 1.82) is 0 Å². The minimum absolute atomic E-state index is 0.0825. The first-order chi connectivity index (χ1) is 18.4. The van der Waals surface area contributed by atoms with E-state index < -0.39 is 0 Å². The number of hydrogen-bond acceptors (Lipinski definition) is 0. The van der Waals surface area contributed by atoms with Gasteiger partial charge in [0, 0.05) is 0 Å². The zero-order valence-corrected chi connectivity index (χ0v) is 30.0. The van der Waals surface area contributed by atoms with Gasteiger partial charge in [0.2, 0.25) is 0 Å². The van der Waals surface area contributed by atoms with E-state index in [1.54, 1.807) is 33.9 Å². The average Bonchev–Trinajstić information content (AvgIpc) is 2.91. The molecule has 0 atom stereocenters. The summed E-state index contributed by atoms with van der Waals surface area (Å²) in [5, 5.41) is 0. The van der Waals surface area contributed by atoms with E-state index in [0.29, 0.717) is 0 Å². The van der Waals surface area contributed by atoms with Crippen LogP contribution in [0.3, 0.4) is 0 Å². The summed E-state index contributed by atoms with van der Waals surface area (Å²) < 4.78 is 3.36. The first-order valence-corrected chi connectivity index (χ1v) is 23.0. The van der Waals surface area contributed by atoms with Gasteiger partial charge in [0.15, 0.2) is 0 Å². The van der Waals surface area contributed by atoms with Gasteiger partial charge in [-0.15, -0.1) is 0 Å². The van der Waals surface area contributed by atoms with Gasteiger partial charge in [0.1, 0.15) is 0 Å². The van der Waals surface area contributed by atoms with Gasteiger partial charge >= 0.3 is 173 Å². The van der Waals surface area contributed by atoms with Crippen LogP contribution in [0.1, 0.15) is 219 Å². The molecule has 0 bridgehead atoms. The van der Waals surface area contributed by atoms with Gasteiger partial charge in [-0.2, -0.15) is 0 Å². The van der Waals surface area contributed by atoms with E-state index in [0.717, 1.165) is 0 Å². The fourth-order valence-corrected chi connectivity index (χ4v) is 10.0. The van der Waals surface area contributed by atoms with Crippen LogP contribution in [0, 0.1) is 0 Å². The first-order valence-electron chi connectivity index (χ1n) is 18.0. The van der Waals surface area contributed by atoms with Crippen molar-refractivity contribution in [3.63, 3.8) is 0 Å². The SMILES string of the molecule is CCCCCCCCCCCCCCCCC[CH2][Bi][CH2]CCCCCCCCCCCCCCCCC. The molecule has 0 aliphatic rings.